The normalized spacial score (nSPS) is 17.6. The number of halogens is 5. The molecule has 2 aromatic carbocycles. The molecule has 0 saturated carbocycles. The molecule has 2 atom stereocenters. The van der Waals surface area contributed by atoms with Gasteiger partial charge in [-0.3, -0.25) is 14.4 Å². The van der Waals surface area contributed by atoms with Crippen LogP contribution in [0.1, 0.15) is 34.3 Å². The van der Waals surface area contributed by atoms with E-state index in [4.69, 9.17) is 4.74 Å². The van der Waals surface area contributed by atoms with Crippen molar-refractivity contribution in [2.24, 2.45) is 0 Å². The lowest BCUT2D eigenvalue weighted by Crippen LogP contribution is -2.44. The lowest BCUT2D eigenvalue weighted by molar-refractivity contribution is -0.137. The molecule has 12 heteroatoms. The average Bonchev–Trinajstić information content (AvgIpc) is 3.18. The number of nitrogens with one attached hydrogen (secondary N) is 1. The molecule has 1 aliphatic rings. The molecule has 3 aromatic rings. The van der Waals surface area contributed by atoms with E-state index < -0.39 is 58.3 Å². The number of anilines is 1. The molecule has 2 heterocycles. The predicted molar refractivity (Wildman–Crippen MR) is 127 cm³/mol. The van der Waals surface area contributed by atoms with E-state index in [-0.39, 0.29) is 23.5 Å². The Balaban J connectivity index is 1.74. The van der Waals surface area contributed by atoms with E-state index in [2.05, 4.69) is 5.32 Å². The van der Waals surface area contributed by atoms with Crippen molar-refractivity contribution >= 4 is 17.5 Å². The molecule has 0 radical (unpaired) electrons. The van der Waals surface area contributed by atoms with E-state index in [9.17, 15) is 27.6 Å². The number of benzene rings is 2. The fraction of sp³-hybridized carbons (Fsp3) is 0.269. The number of hydrogen-bond acceptors (Lipinski definition) is 4. The van der Waals surface area contributed by atoms with E-state index in [0.717, 1.165) is 29.2 Å². The summed E-state index contributed by atoms with van der Waals surface area (Å²) >= 11 is 0. The molecule has 38 heavy (non-hydrogen) atoms. The number of hydrogen-bond donors (Lipinski definition) is 1. The number of pyridine rings is 1. The molecule has 2 amide bonds. The van der Waals surface area contributed by atoms with Crippen LogP contribution in [-0.2, 0) is 17.5 Å². The van der Waals surface area contributed by atoms with Crippen LogP contribution in [-0.4, -0.2) is 36.1 Å². The van der Waals surface area contributed by atoms with Gasteiger partial charge < -0.3 is 19.5 Å². The number of carbonyl (C=O) groups excluding carboxylic acids is 2. The quantitative estimate of drug-likeness (QED) is 0.482. The van der Waals surface area contributed by atoms with Crippen molar-refractivity contribution in [3.8, 4) is 5.75 Å². The predicted octanol–water partition coefficient (Wildman–Crippen LogP) is 4.10. The first-order valence-electron chi connectivity index (χ1n) is 11.5. The Morgan fingerprint density at radius 2 is 1.71 bits per heavy atom. The van der Waals surface area contributed by atoms with Crippen LogP contribution in [0.4, 0.5) is 27.6 Å². The monoisotopic (exact) mass is 535 g/mol. The van der Waals surface area contributed by atoms with Crippen LogP contribution in [0.3, 0.4) is 0 Å². The van der Waals surface area contributed by atoms with Crippen LogP contribution in [0.15, 0.2) is 59.5 Å². The molecule has 7 nitrogen and oxygen atoms in total. The summed E-state index contributed by atoms with van der Waals surface area (Å²) in [6.45, 7) is 1.67. The SMILES string of the molecule is CCn1cccc(N2C[C@@H](c3c(F)cc(OC)cc3F)[C@H](NC(=O)c3ccc(C(F)(F)F)cc3)C2=O)c1=O. The minimum atomic E-state index is -4.62. The molecular formula is C26H22F5N3O4. The highest BCUT2D eigenvalue weighted by Crippen LogP contribution is 2.36. The number of alkyl halides is 3. The smallest absolute Gasteiger partial charge is 0.416 e. The maximum absolute atomic E-state index is 15.1. The Hall–Kier alpha value is -4.22. The Morgan fingerprint density at radius 3 is 2.26 bits per heavy atom. The number of carbonyl (C=O) groups is 2. The van der Waals surface area contributed by atoms with E-state index >= 15 is 8.78 Å². The zero-order valence-corrected chi connectivity index (χ0v) is 20.2. The van der Waals surface area contributed by atoms with Gasteiger partial charge in [0, 0.05) is 48.5 Å². The second-order valence-corrected chi connectivity index (χ2v) is 8.57. The zero-order valence-electron chi connectivity index (χ0n) is 20.2. The van der Waals surface area contributed by atoms with Crippen molar-refractivity contribution in [2.45, 2.75) is 31.6 Å². The second-order valence-electron chi connectivity index (χ2n) is 8.57. The molecule has 1 aromatic heterocycles. The van der Waals surface area contributed by atoms with Gasteiger partial charge in [-0.2, -0.15) is 13.2 Å². The third-order valence-electron chi connectivity index (χ3n) is 6.37. The Labute approximate surface area is 213 Å². The van der Waals surface area contributed by atoms with Crippen LogP contribution in [0.5, 0.6) is 5.75 Å². The molecule has 1 aliphatic heterocycles. The van der Waals surface area contributed by atoms with Gasteiger partial charge in [-0.1, -0.05) is 0 Å². The van der Waals surface area contributed by atoms with Crippen molar-refractivity contribution in [3.63, 3.8) is 0 Å². The number of amides is 2. The van der Waals surface area contributed by atoms with Gasteiger partial charge in [0.15, 0.2) is 0 Å². The number of aryl methyl sites for hydroxylation is 1. The molecule has 0 spiro atoms. The average molecular weight is 535 g/mol. The zero-order chi connectivity index (χ0) is 27.8. The summed E-state index contributed by atoms with van der Waals surface area (Å²) in [6, 6.07) is 6.49. The molecule has 0 aliphatic carbocycles. The Morgan fingerprint density at radius 1 is 1.08 bits per heavy atom. The highest BCUT2D eigenvalue weighted by Gasteiger charge is 2.46. The van der Waals surface area contributed by atoms with Crippen LogP contribution in [0, 0.1) is 11.6 Å². The largest absolute Gasteiger partial charge is 0.497 e. The summed E-state index contributed by atoms with van der Waals surface area (Å²) in [5, 5.41) is 2.40. The van der Waals surface area contributed by atoms with Crippen molar-refractivity contribution in [2.75, 3.05) is 18.6 Å². The first-order valence-corrected chi connectivity index (χ1v) is 11.5. The van der Waals surface area contributed by atoms with Gasteiger partial charge in [-0.15, -0.1) is 0 Å². The molecule has 0 bridgehead atoms. The van der Waals surface area contributed by atoms with E-state index in [1.54, 1.807) is 6.92 Å². The van der Waals surface area contributed by atoms with Crippen molar-refractivity contribution < 1.29 is 36.3 Å². The van der Waals surface area contributed by atoms with E-state index in [1.165, 1.54) is 30.0 Å². The van der Waals surface area contributed by atoms with Crippen LogP contribution in [0.2, 0.25) is 0 Å². The summed E-state index contributed by atoms with van der Waals surface area (Å²) in [5.74, 6) is -5.19. The topological polar surface area (TPSA) is 80.6 Å². The third kappa shape index (κ3) is 4.98. The summed E-state index contributed by atoms with van der Waals surface area (Å²) in [4.78, 5) is 40.3. The first-order chi connectivity index (χ1) is 18.0. The molecule has 0 unspecified atom stereocenters. The van der Waals surface area contributed by atoms with Gasteiger partial charge in [0.05, 0.1) is 12.7 Å². The lowest BCUT2D eigenvalue weighted by Gasteiger charge is -2.20. The van der Waals surface area contributed by atoms with Gasteiger partial charge in [-0.25, -0.2) is 8.78 Å². The molecule has 1 N–H and O–H groups in total. The third-order valence-corrected chi connectivity index (χ3v) is 6.37. The van der Waals surface area contributed by atoms with Crippen molar-refractivity contribution in [1.82, 2.24) is 9.88 Å². The van der Waals surface area contributed by atoms with Crippen LogP contribution >= 0.6 is 0 Å². The minimum Gasteiger partial charge on any atom is -0.497 e. The Kier molecular flexibility index (Phi) is 7.25. The van der Waals surface area contributed by atoms with Crippen LogP contribution < -0.4 is 20.5 Å². The summed E-state index contributed by atoms with van der Waals surface area (Å²) in [6.07, 6.45) is -3.11. The fourth-order valence-corrected chi connectivity index (χ4v) is 4.42. The van der Waals surface area contributed by atoms with Gasteiger partial charge in [-0.05, 0) is 43.3 Å². The number of nitrogens with zero attached hydrogens (tertiary/aromatic N) is 2. The first kappa shape index (κ1) is 26.8. The summed E-state index contributed by atoms with van der Waals surface area (Å²) in [7, 11) is 1.22. The van der Waals surface area contributed by atoms with Gasteiger partial charge in [0.2, 0.25) is 5.91 Å². The molecule has 1 fully saturated rings. The molecule has 200 valence electrons. The minimum absolute atomic E-state index is 0.0510. The number of aromatic nitrogens is 1. The fourth-order valence-electron chi connectivity index (χ4n) is 4.42. The molecule has 1 saturated heterocycles. The Bertz CT molecular complexity index is 1410. The number of methoxy groups -OCH3 is 1. The number of ether oxygens (including phenoxy) is 1. The van der Waals surface area contributed by atoms with Gasteiger partial charge in [0.1, 0.15) is 29.1 Å². The highest BCUT2D eigenvalue weighted by molar-refractivity contribution is 6.05. The standard InChI is InChI=1S/C26H22F5N3O4/c1-3-33-10-4-5-20(24(33)36)34-13-17(21-18(27)11-16(38-2)12-19(21)28)22(25(34)37)32-23(35)14-6-8-15(9-7-14)26(29,30)31/h4-12,17,22H,3,13H2,1-2H3,(H,32,35)/t17-,22-/m0/s1. The highest BCUT2D eigenvalue weighted by atomic mass is 19.4. The van der Waals surface area contributed by atoms with Crippen molar-refractivity contribution in [1.29, 1.82) is 0 Å². The number of rotatable bonds is 6. The van der Waals surface area contributed by atoms with E-state index in [0.29, 0.717) is 18.7 Å². The molecular weight excluding hydrogens is 513 g/mol. The van der Waals surface area contributed by atoms with Gasteiger partial charge >= 0.3 is 6.18 Å². The van der Waals surface area contributed by atoms with E-state index in [1.807, 2.05) is 0 Å². The summed E-state index contributed by atoms with van der Waals surface area (Å²) < 4.78 is 75.0. The van der Waals surface area contributed by atoms with Gasteiger partial charge in [0.25, 0.3) is 11.5 Å². The maximum atomic E-state index is 15.1. The van der Waals surface area contributed by atoms with Crippen molar-refractivity contribution in [3.05, 3.63) is 93.4 Å². The summed E-state index contributed by atoms with van der Waals surface area (Å²) in [5.41, 5.74) is -2.26. The lowest BCUT2D eigenvalue weighted by atomic mass is 9.92. The molecule has 4 rings (SSSR count). The maximum Gasteiger partial charge on any atom is 0.416 e. The van der Waals surface area contributed by atoms with Crippen LogP contribution in [0.25, 0.3) is 0 Å². The second kappa shape index (κ2) is 10.3.